The van der Waals surface area contributed by atoms with Crippen LogP contribution in [0.4, 0.5) is 5.69 Å². The number of aryl methyl sites for hydroxylation is 1. The van der Waals surface area contributed by atoms with Crippen LogP contribution in [0, 0.1) is 35.5 Å². The Kier molecular flexibility index (Phi) is 7.35. The second-order valence-electron chi connectivity index (χ2n) is 13.4. The number of amidine groups is 1. The second-order valence-corrected chi connectivity index (χ2v) is 13.4. The highest BCUT2D eigenvalue weighted by Gasteiger charge is 2.50. The van der Waals surface area contributed by atoms with Crippen LogP contribution in [0.15, 0.2) is 23.3 Å². The van der Waals surface area contributed by atoms with Gasteiger partial charge < -0.3 is 14.7 Å². The van der Waals surface area contributed by atoms with Gasteiger partial charge in [-0.3, -0.25) is 9.80 Å². The minimum atomic E-state index is 0.248. The van der Waals surface area contributed by atoms with E-state index < -0.39 is 0 Å². The summed E-state index contributed by atoms with van der Waals surface area (Å²) in [6.45, 7) is 6.00. The zero-order valence-corrected chi connectivity index (χ0v) is 24.2. The van der Waals surface area contributed by atoms with Crippen LogP contribution in [0.1, 0.15) is 81.8 Å². The number of hydrogen-bond donors (Lipinski definition) is 0. The predicted octanol–water partition coefficient (Wildman–Crippen LogP) is 4.99. The average Bonchev–Trinajstić information content (AvgIpc) is 3.62. The van der Waals surface area contributed by atoms with Crippen molar-refractivity contribution >= 4 is 17.4 Å². The molecule has 210 valence electrons. The zero-order chi connectivity index (χ0) is 27.1. The van der Waals surface area contributed by atoms with Crippen molar-refractivity contribution in [2.45, 2.75) is 89.6 Å². The molecule has 3 aliphatic heterocycles. The normalized spacial score (nSPS) is 26.3. The molecule has 3 heterocycles. The van der Waals surface area contributed by atoms with E-state index in [2.05, 4.69) is 52.0 Å². The quantitative estimate of drug-likeness (QED) is 0.549. The number of nitriles is 1. The van der Waals surface area contributed by atoms with E-state index in [1.165, 1.54) is 44.4 Å². The maximum absolute atomic E-state index is 13.2. The summed E-state index contributed by atoms with van der Waals surface area (Å²) < 4.78 is 0. The largest absolute Gasteiger partial charge is 0.359 e. The van der Waals surface area contributed by atoms with Crippen LogP contribution in [0.2, 0.25) is 0 Å². The molecule has 0 aromatic heterocycles. The summed E-state index contributed by atoms with van der Waals surface area (Å²) in [5.41, 5.74) is 3.27. The fraction of sp³-hybridized carbons (Fsp3) is 0.719. The van der Waals surface area contributed by atoms with E-state index >= 15 is 0 Å². The highest BCUT2D eigenvalue weighted by Crippen LogP contribution is 2.53. The third kappa shape index (κ3) is 5.17. The molecule has 1 spiro atoms. The van der Waals surface area contributed by atoms with Crippen molar-refractivity contribution in [3.63, 3.8) is 0 Å². The fourth-order valence-electron chi connectivity index (χ4n) is 8.25. The number of benzene rings is 1. The first-order chi connectivity index (χ1) is 18.9. The highest BCUT2D eigenvalue weighted by molar-refractivity contribution is 5.87. The van der Waals surface area contributed by atoms with Gasteiger partial charge in [0.15, 0.2) is 0 Å². The SMILES string of the molecule is Cc1cc(N2N=C(N3CCC4(CC3)CC(C(=O)N3CCC(N(C)C)CC3)C4)CC2C2CCCC2)ccc1C#N. The second kappa shape index (κ2) is 10.8. The number of hydrazone groups is 1. The summed E-state index contributed by atoms with van der Waals surface area (Å²) in [5, 5.41) is 16.9. The molecule has 1 atom stereocenters. The molecule has 39 heavy (non-hydrogen) atoms. The van der Waals surface area contributed by atoms with Crippen LogP contribution in [-0.2, 0) is 4.79 Å². The monoisotopic (exact) mass is 530 g/mol. The molecular weight excluding hydrogens is 484 g/mol. The molecule has 0 N–H and O–H groups in total. The van der Waals surface area contributed by atoms with Crippen molar-refractivity contribution in [3.8, 4) is 6.07 Å². The van der Waals surface area contributed by atoms with Crippen molar-refractivity contribution in [1.29, 1.82) is 5.26 Å². The van der Waals surface area contributed by atoms with E-state index in [-0.39, 0.29) is 5.92 Å². The Bertz CT molecular complexity index is 1120. The maximum atomic E-state index is 13.2. The molecule has 1 aromatic carbocycles. The number of likely N-dealkylation sites (tertiary alicyclic amines) is 2. The fourth-order valence-corrected chi connectivity index (χ4v) is 8.25. The van der Waals surface area contributed by atoms with Gasteiger partial charge in [0.25, 0.3) is 0 Å². The molecule has 1 aromatic rings. The number of nitrogens with zero attached hydrogens (tertiary/aromatic N) is 6. The standard InChI is InChI=1S/C32H46N6O/c1-23-18-28(9-8-25(23)22-33)38-29(24-6-4-5-7-24)19-30(34-38)36-16-12-32(13-17-36)20-26(21-32)31(39)37-14-10-27(11-15-37)35(2)3/h8-9,18,24,26-27,29H,4-7,10-17,19-21H2,1-3H3. The lowest BCUT2D eigenvalue weighted by Gasteiger charge is -2.53. The maximum Gasteiger partial charge on any atom is 0.225 e. The molecule has 1 unspecified atom stereocenters. The van der Waals surface area contributed by atoms with E-state index in [0.717, 1.165) is 75.1 Å². The third-order valence-electron chi connectivity index (χ3n) is 10.9. The van der Waals surface area contributed by atoms with Crippen molar-refractivity contribution in [2.75, 3.05) is 45.3 Å². The van der Waals surface area contributed by atoms with Gasteiger partial charge in [0.1, 0.15) is 5.84 Å². The Morgan fingerprint density at radius 1 is 1.05 bits per heavy atom. The molecule has 2 saturated heterocycles. The number of carbonyl (C=O) groups is 1. The predicted molar refractivity (Wildman–Crippen MR) is 155 cm³/mol. The van der Waals surface area contributed by atoms with Gasteiger partial charge in [-0.05, 0) is 107 Å². The van der Waals surface area contributed by atoms with Crippen LogP contribution in [0.5, 0.6) is 0 Å². The summed E-state index contributed by atoms with van der Waals surface area (Å²) in [5.74, 6) is 2.62. The summed E-state index contributed by atoms with van der Waals surface area (Å²) in [4.78, 5) is 20.2. The molecule has 6 rings (SSSR count). The topological polar surface area (TPSA) is 66.2 Å². The van der Waals surface area contributed by atoms with Crippen LogP contribution in [-0.4, -0.2) is 78.8 Å². The smallest absolute Gasteiger partial charge is 0.225 e. The van der Waals surface area contributed by atoms with Crippen LogP contribution >= 0.6 is 0 Å². The van der Waals surface area contributed by atoms with E-state index in [9.17, 15) is 10.1 Å². The summed E-state index contributed by atoms with van der Waals surface area (Å²) in [7, 11) is 4.31. The summed E-state index contributed by atoms with van der Waals surface area (Å²) in [6, 6.07) is 9.53. The van der Waals surface area contributed by atoms with Crippen molar-refractivity contribution < 1.29 is 4.79 Å². The molecule has 5 aliphatic rings. The molecule has 2 aliphatic carbocycles. The Morgan fingerprint density at radius 3 is 2.36 bits per heavy atom. The van der Waals surface area contributed by atoms with E-state index in [4.69, 9.17) is 5.10 Å². The number of anilines is 1. The Balaban J connectivity index is 1.06. The molecule has 2 saturated carbocycles. The van der Waals surface area contributed by atoms with Crippen molar-refractivity contribution in [3.05, 3.63) is 29.3 Å². The number of carbonyl (C=O) groups excluding carboxylic acids is 1. The van der Waals surface area contributed by atoms with Gasteiger partial charge >= 0.3 is 0 Å². The molecule has 4 fully saturated rings. The number of amides is 1. The first kappa shape index (κ1) is 26.6. The lowest BCUT2D eigenvalue weighted by molar-refractivity contribution is -0.147. The molecular formula is C32H46N6O. The Morgan fingerprint density at radius 2 is 1.74 bits per heavy atom. The Hall–Kier alpha value is -2.59. The molecule has 0 radical (unpaired) electrons. The van der Waals surface area contributed by atoms with Gasteiger partial charge in [0.2, 0.25) is 5.91 Å². The van der Waals surface area contributed by atoms with E-state index in [1.54, 1.807) is 0 Å². The van der Waals surface area contributed by atoms with E-state index in [1.807, 2.05) is 13.0 Å². The van der Waals surface area contributed by atoms with Crippen molar-refractivity contribution in [2.24, 2.45) is 22.4 Å². The third-order valence-corrected chi connectivity index (χ3v) is 10.9. The van der Waals surface area contributed by atoms with Gasteiger partial charge in [-0.25, -0.2) is 0 Å². The first-order valence-electron chi connectivity index (χ1n) is 15.4. The van der Waals surface area contributed by atoms with E-state index in [0.29, 0.717) is 29.3 Å². The lowest BCUT2D eigenvalue weighted by atomic mass is 9.57. The lowest BCUT2D eigenvalue weighted by Crippen LogP contribution is -2.54. The molecule has 7 nitrogen and oxygen atoms in total. The highest BCUT2D eigenvalue weighted by atomic mass is 16.2. The van der Waals surface area contributed by atoms with Gasteiger partial charge in [-0.1, -0.05) is 12.8 Å². The Labute approximate surface area is 234 Å². The van der Waals surface area contributed by atoms with Gasteiger partial charge in [0.05, 0.1) is 23.4 Å². The van der Waals surface area contributed by atoms with Crippen LogP contribution in [0.25, 0.3) is 0 Å². The number of piperidine rings is 2. The minimum Gasteiger partial charge on any atom is -0.359 e. The molecule has 0 bridgehead atoms. The van der Waals surface area contributed by atoms with Crippen molar-refractivity contribution in [1.82, 2.24) is 14.7 Å². The molecule has 7 heteroatoms. The number of rotatable bonds is 4. The number of hydrogen-bond acceptors (Lipinski definition) is 6. The average molecular weight is 531 g/mol. The van der Waals surface area contributed by atoms with Crippen LogP contribution < -0.4 is 5.01 Å². The summed E-state index contributed by atoms with van der Waals surface area (Å²) in [6.07, 6.45) is 13.0. The van der Waals surface area contributed by atoms with Gasteiger partial charge in [-0.2, -0.15) is 10.4 Å². The minimum absolute atomic E-state index is 0.248. The van der Waals surface area contributed by atoms with Crippen LogP contribution in [0.3, 0.4) is 0 Å². The van der Waals surface area contributed by atoms with Gasteiger partial charge in [0, 0.05) is 44.6 Å². The first-order valence-corrected chi connectivity index (χ1v) is 15.4. The molecule has 1 amide bonds. The summed E-state index contributed by atoms with van der Waals surface area (Å²) >= 11 is 0. The zero-order valence-electron chi connectivity index (χ0n) is 24.2. The van der Waals surface area contributed by atoms with Gasteiger partial charge in [-0.15, -0.1) is 0 Å².